The third kappa shape index (κ3) is 2.25. The average Bonchev–Trinajstić information content (AvgIpc) is 2.23. The summed E-state index contributed by atoms with van der Waals surface area (Å²) in [5.41, 5.74) is 4.07. The summed E-state index contributed by atoms with van der Waals surface area (Å²) in [7, 11) is 0. The van der Waals surface area contributed by atoms with Gasteiger partial charge in [-0.2, -0.15) is 0 Å². The van der Waals surface area contributed by atoms with E-state index in [1.165, 1.54) is 0 Å². The molecule has 0 amide bonds. The molecule has 0 unspecified atom stereocenters. The van der Waals surface area contributed by atoms with Crippen LogP contribution in [0.5, 0.6) is 0 Å². The molecule has 0 bridgehead atoms. The Morgan fingerprint density at radius 2 is 1.59 bits per heavy atom. The van der Waals surface area contributed by atoms with Crippen LogP contribution < -0.4 is 5.56 Å². The van der Waals surface area contributed by atoms with Crippen molar-refractivity contribution in [3.63, 3.8) is 0 Å². The molecular weight excluding hydrogens is 214 g/mol. The molecule has 2 aromatic rings. The third-order valence-corrected chi connectivity index (χ3v) is 2.75. The first-order valence-electron chi connectivity index (χ1n) is 5.50. The lowest BCUT2D eigenvalue weighted by molar-refractivity contribution is 1.02. The standard InChI is InChI=1S/C13H15N3O/c1-7-5-11(6-8(2)14-7)12-15-10(4)9(3)13(17)16-12/h5-6H,1-4H3,(H,15,16,17). The molecule has 0 atom stereocenters. The van der Waals surface area contributed by atoms with E-state index in [1.807, 2.05) is 32.9 Å². The van der Waals surface area contributed by atoms with Gasteiger partial charge in [-0.1, -0.05) is 0 Å². The smallest absolute Gasteiger partial charge is 0.254 e. The topological polar surface area (TPSA) is 58.6 Å². The summed E-state index contributed by atoms with van der Waals surface area (Å²) in [6.45, 7) is 7.47. The zero-order valence-electron chi connectivity index (χ0n) is 10.5. The minimum absolute atomic E-state index is 0.0837. The van der Waals surface area contributed by atoms with Crippen LogP contribution in [0.4, 0.5) is 0 Å². The second-order valence-corrected chi connectivity index (χ2v) is 4.26. The molecule has 0 fully saturated rings. The van der Waals surface area contributed by atoms with Gasteiger partial charge in [0.15, 0.2) is 0 Å². The van der Waals surface area contributed by atoms with Crippen molar-refractivity contribution in [3.05, 3.63) is 45.1 Å². The van der Waals surface area contributed by atoms with Crippen molar-refractivity contribution in [1.82, 2.24) is 15.0 Å². The highest BCUT2D eigenvalue weighted by molar-refractivity contribution is 5.56. The molecule has 0 aliphatic rings. The lowest BCUT2D eigenvalue weighted by Gasteiger charge is -2.06. The Kier molecular flexibility index (Phi) is 2.79. The third-order valence-electron chi connectivity index (χ3n) is 2.75. The predicted octanol–water partition coefficient (Wildman–Crippen LogP) is 2.07. The molecule has 0 aliphatic heterocycles. The first kappa shape index (κ1) is 11.5. The Morgan fingerprint density at radius 3 is 2.12 bits per heavy atom. The number of hydrogen-bond donors (Lipinski definition) is 1. The number of aromatic nitrogens is 3. The first-order chi connectivity index (χ1) is 7.97. The maximum atomic E-state index is 11.7. The fourth-order valence-corrected chi connectivity index (χ4v) is 1.75. The van der Waals surface area contributed by atoms with Crippen molar-refractivity contribution < 1.29 is 0 Å². The van der Waals surface area contributed by atoms with E-state index in [1.54, 1.807) is 6.92 Å². The second kappa shape index (κ2) is 4.13. The maximum Gasteiger partial charge on any atom is 0.254 e. The lowest BCUT2D eigenvalue weighted by atomic mass is 10.1. The van der Waals surface area contributed by atoms with Crippen LogP contribution in [0.2, 0.25) is 0 Å². The Morgan fingerprint density at radius 1 is 1.00 bits per heavy atom. The molecule has 1 N–H and O–H groups in total. The van der Waals surface area contributed by atoms with Crippen molar-refractivity contribution in [2.75, 3.05) is 0 Å². The summed E-state index contributed by atoms with van der Waals surface area (Å²) in [5, 5.41) is 0. The molecule has 0 aliphatic carbocycles. The van der Waals surface area contributed by atoms with Crippen molar-refractivity contribution in [2.24, 2.45) is 0 Å². The van der Waals surface area contributed by atoms with Crippen molar-refractivity contribution in [3.8, 4) is 11.4 Å². The van der Waals surface area contributed by atoms with Gasteiger partial charge >= 0.3 is 0 Å². The molecule has 0 aromatic carbocycles. The molecule has 88 valence electrons. The van der Waals surface area contributed by atoms with Crippen LogP contribution in [0.25, 0.3) is 11.4 Å². The van der Waals surface area contributed by atoms with Crippen molar-refractivity contribution in [1.29, 1.82) is 0 Å². The summed E-state index contributed by atoms with van der Waals surface area (Å²) in [6.07, 6.45) is 0. The van der Waals surface area contributed by atoms with Crippen LogP contribution in [0, 0.1) is 27.7 Å². The SMILES string of the molecule is Cc1cc(-c2nc(C)c(C)c(=O)[nH]2)cc(C)n1. The normalized spacial score (nSPS) is 10.6. The molecule has 0 saturated carbocycles. The number of aryl methyl sites for hydroxylation is 3. The molecule has 0 radical (unpaired) electrons. The Balaban J connectivity index is 2.65. The van der Waals surface area contributed by atoms with Crippen LogP contribution in [0.1, 0.15) is 22.6 Å². The van der Waals surface area contributed by atoms with Crippen LogP contribution in [0.3, 0.4) is 0 Å². The number of nitrogens with one attached hydrogen (secondary N) is 1. The molecule has 0 saturated heterocycles. The van der Waals surface area contributed by atoms with E-state index in [0.717, 1.165) is 22.6 Å². The summed E-state index contributed by atoms with van der Waals surface area (Å²) in [5.74, 6) is 0.603. The minimum atomic E-state index is -0.0837. The largest absolute Gasteiger partial charge is 0.306 e. The monoisotopic (exact) mass is 229 g/mol. The van der Waals surface area contributed by atoms with Crippen LogP contribution in [0.15, 0.2) is 16.9 Å². The van der Waals surface area contributed by atoms with Crippen LogP contribution in [-0.2, 0) is 0 Å². The molecule has 0 spiro atoms. The van der Waals surface area contributed by atoms with Gasteiger partial charge in [-0.25, -0.2) is 4.98 Å². The fraction of sp³-hybridized carbons (Fsp3) is 0.308. The molecule has 4 heteroatoms. The highest BCUT2D eigenvalue weighted by atomic mass is 16.1. The van der Waals surface area contributed by atoms with Gasteiger partial charge in [0.1, 0.15) is 5.82 Å². The zero-order valence-corrected chi connectivity index (χ0v) is 10.5. The maximum absolute atomic E-state index is 11.7. The van der Waals surface area contributed by atoms with Gasteiger partial charge in [0, 0.05) is 28.2 Å². The van der Waals surface area contributed by atoms with E-state index in [2.05, 4.69) is 15.0 Å². The van der Waals surface area contributed by atoms with Crippen molar-refractivity contribution in [2.45, 2.75) is 27.7 Å². The van der Waals surface area contributed by atoms with E-state index >= 15 is 0 Å². The van der Waals surface area contributed by atoms with Gasteiger partial charge in [-0.15, -0.1) is 0 Å². The quantitative estimate of drug-likeness (QED) is 0.814. The van der Waals surface area contributed by atoms with Crippen molar-refractivity contribution >= 4 is 0 Å². The molecular formula is C13H15N3O. The van der Waals surface area contributed by atoms with Gasteiger partial charge in [0.2, 0.25) is 0 Å². The van der Waals surface area contributed by atoms with Crippen LogP contribution in [-0.4, -0.2) is 15.0 Å². The van der Waals surface area contributed by atoms with E-state index < -0.39 is 0 Å². The summed E-state index contributed by atoms with van der Waals surface area (Å²) in [4.78, 5) is 23.2. The molecule has 17 heavy (non-hydrogen) atoms. The zero-order chi connectivity index (χ0) is 12.6. The highest BCUT2D eigenvalue weighted by Gasteiger charge is 2.07. The summed E-state index contributed by atoms with van der Waals surface area (Å²) >= 11 is 0. The summed E-state index contributed by atoms with van der Waals surface area (Å²) in [6, 6.07) is 3.83. The van der Waals surface area contributed by atoms with E-state index in [0.29, 0.717) is 11.4 Å². The summed E-state index contributed by atoms with van der Waals surface area (Å²) < 4.78 is 0. The number of nitrogens with zero attached hydrogens (tertiary/aromatic N) is 2. The van der Waals surface area contributed by atoms with E-state index in [9.17, 15) is 4.79 Å². The number of pyridine rings is 1. The first-order valence-corrected chi connectivity index (χ1v) is 5.50. The second-order valence-electron chi connectivity index (χ2n) is 4.26. The van der Waals surface area contributed by atoms with E-state index in [4.69, 9.17) is 0 Å². The Bertz CT molecular complexity index is 609. The minimum Gasteiger partial charge on any atom is -0.306 e. The molecule has 2 heterocycles. The van der Waals surface area contributed by atoms with Gasteiger partial charge in [0.25, 0.3) is 5.56 Å². The van der Waals surface area contributed by atoms with E-state index in [-0.39, 0.29) is 5.56 Å². The van der Waals surface area contributed by atoms with Gasteiger partial charge < -0.3 is 4.98 Å². The highest BCUT2D eigenvalue weighted by Crippen LogP contribution is 2.16. The predicted molar refractivity (Wildman–Crippen MR) is 67.0 cm³/mol. The number of hydrogen-bond acceptors (Lipinski definition) is 3. The van der Waals surface area contributed by atoms with Gasteiger partial charge in [-0.3, -0.25) is 9.78 Å². The Labute approximate surface area is 99.8 Å². The number of aromatic amines is 1. The average molecular weight is 229 g/mol. The molecule has 2 rings (SSSR count). The van der Waals surface area contributed by atoms with Crippen LogP contribution >= 0.6 is 0 Å². The van der Waals surface area contributed by atoms with Gasteiger partial charge in [0.05, 0.1) is 0 Å². The van der Waals surface area contributed by atoms with Gasteiger partial charge in [-0.05, 0) is 39.8 Å². The number of rotatable bonds is 1. The fourth-order valence-electron chi connectivity index (χ4n) is 1.75. The lowest BCUT2D eigenvalue weighted by Crippen LogP contribution is -2.14. The molecule has 2 aromatic heterocycles. The molecule has 4 nitrogen and oxygen atoms in total. The Hall–Kier alpha value is -1.97. The number of H-pyrrole nitrogens is 1.